The second-order valence-electron chi connectivity index (χ2n) is 10.7. The third-order valence-corrected chi connectivity index (χ3v) is 9.21. The summed E-state index contributed by atoms with van der Waals surface area (Å²) in [4.78, 5) is 56.8. The van der Waals surface area contributed by atoms with Gasteiger partial charge in [0.2, 0.25) is 5.91 Å². The molecule has 1 saturated heterocycles. The molecular formula is C33H21Cl2N3O5. The van der Waals surface area contributed by atoms with Crippen LogP contribution >= 0.6 is 23.2 Å². The number of nitro benzene ring substituents is 1. The zero-order chi connectivity index (χ0) is 30.0. The summed E-state index contributed by atoms with van der Waals surface area (Å²) >= 11 is 12.7. The lowest BCUT2D eigenvalue weighted by Crippen LogP contribution is -2.49. The van der Waals surface area contributed by atoms with Gasteiger partial charge in [-0.05, 0) is 47.0 Å². The van der Waals surface area contributed by atoms with E-state index in [0.29, 0.717) is 16.3 Å². The summed E-state index contributed by atoms with van der Waals surface area (Å²) in [6.45, 7) is 0. The molecule has 3 aliphatic heterocycles. The first-order valence-electron chi connectivity index (χ1n) is 13.5. The van der Waals surface area contributed by atoms with Gasteiger partial charge in [-0.15, -0.1) is 0 Å². The number of hydrogen-bond acceptors (Lipinski definition) is 6. The number of non-ortho nitro benzene ring substituents is 1. The van der Waals surface area contributed by atoms with Gasteiger partial charge in [0.15, 0.2) is 11.6 Å². The Labute approximate surface area is 255 Å². The normalized spacial score (nSPS) is 23.0. The molecule has 0 radical (unpaired) electrons. The van der Waals surface area contributed by atoms with Crippen LogP contribution in [0.4, 0.5) is 11.4 Å². The first-order chi connectivity index (χ1) is 20.7. The number of hydrogen-bond donors (Lipinski definition) is 1. The van der Waals surface area contributed by atoms with Crippen LogP contribution < -0.4 is 5.32 Å². The zero-order valence-electron chi connectivity index (χ0n) is 22.2. The number of anilines is 1. The van der Waals surface area contributed by atoms with E-state index in [9.17, 15) is 24.5 Å². The monoisotopic (exact) mass is 609 g/mol. The fourth-order valence-corrected chi connectivity index (χ4v) is 7.47. The molecule has 4 aromatic rings. The molecule has 0 unspecified atom stereocenters. The second-order valence-corrected chi connectivity index (χ2v) is 11.6. The van der Waals surface area contributed by atoms with Crippen molar-refractivity contribution >= 4 is 58.1 Å². The van der Waals surface area contributed by atoms with Gasteiger partial charge in [-0.25, -0.2) is 0 Å². The van der Waals surface area contributed by atoms with Crippen molar-refractivity contribution in [2.24, 2.45) is 5.92 Å². The SMILES string of the molecule is O=C(c1ccc(Cl)cc1Cl)[C@@H]1[C@H](C(=O)c2cccc([N+](=O)[O-])c2)[C@]2(C(=O)Nc3ccccc32)[C@H]2c3ccccc3C=CN12. The second kappa shape index (κ2) is 9.90. The molecule has 1 fully saturated rings. The zero-order valence-corrected chi connectivity index (χ0v) is 23.8. The maximum absolute atomic E-state index is 14.8. The number of carbonyl (C=O) groups is 3. The Hall–Kier alpha value is -4.79. The minimum absolute atomic E-state index is 0.0212. The molecular weight excluding hydrogens is 589 g/mol. The van der Waals surface area contributed by atoms with E-state index in [1.54, 1.807) is 41.4 Å². The van der Waals surface area contributed by atoms with E-state index in [1.807, 2.05) is 30.3 Å². The molecule has 3 aliphatic rings. The number of amides is 1. The van der Waals surface area contributed by atoms with E-state index < -0.39 is 45.8 Å². The summed E-state index contributed by atoms with van der Waals surface area (Å²) in [5.41, 5.74) is 1.04. The van der Waals surface area contributed by atoms with Crippen molar-refractivity contribution in [2.75, 3.05) is 5.32 Å². The van der Waals surface area contributed by atoms with Crippen LogP contribution in [0, 0.1) is 16.0 Å². The van der Waals surface area contributed by atoms with Crippen molar-refractivity contribution in [1.82, 2.24) is 4.90 Å². The Morgan fingerprint density at radius 3 is 2.47 bits per heavy atom. The molecule has 8 nitrogen and oxygen atoms in total. The number of Topliss-reactive ketones (excluding diaryl/α,β-unsaturated/α-hetero) is 2. The minimum Gasteiger partial charge on any atom is -0.358 e. The number of nitrogens with zero attached hydrogens (tertiary/aromatic N) is 2. The van der Waals surface area contributed by atoms with Gasteiger partial charge in [-0.3, -0.25) is 24.5 Å². The molecule has 0 bridgehead atoms. The minimum atomic E-state index is -1.57. The van der Waals surface area contributed by atoms with Gasteiger partial charge in [0.05, 0.1) is 21.9 Å². The van der Waals surface area contributed by atoms with Crippen LogP contribution in [0.25, 0.3) is 6.08 Å². The predicted molar refractivity (Wildman–Crippen MR) is 162 cm³/mol. The summed E-state index contributed by atoms with van der Waals surface area (Å²) < 4.78 is 0. The quantitative estimate of drug-likeness (QED) is 0.150. The van der Waals surface area contributed by atoms with Crippen LogP contribution in [-0.2, 0) is 10.2 Å². The fraction of sp³-hybridized carbons (Fsp3) is 0.121. The van der Waals surface area contributed by atoms with E-state index in [2.05, 4.69) is 5.32 Å². The summed E-state index contributed by atoms with van der Waals surface area (Å²) in [6, 6.07) is 22.6. The van der Waals surface area contributed by atoms with E-state index in [0.717, 1.165) is 11.1 Å². The molecule has 7 rings (SSSR count). The van der Waals surface area contributed by atoms with Crippen molar-refractivity contribution in [3.63, 3.8) is 0 Å². The molecule has 4 aromatic carbocycles. The van der Waals surface area contributed by atoms with Crippen LogP contribution in [-0.4, -0.2) is 33.3 Å². The third-order valence-electron chi connectivity index (χ3n) is 8.66. The van der Waals surface area contributed by atoms with Crippen molar-refractivity contribution in [2.45, 2.75) is 17.5 Å². The van der Waals surface area contributed by atoms with Crippen molar-refractivity contribution in [1.29, 1.82) is 0 Å². The molecule has 1 spiro atoms. The lowest BCUT2D eigenvalue weighted by Gasteiger charge is -2.38. The number of carbonyl (C=O) groups excluding carboxylic acids is 3. The number of halogens is 2. The number of nitrogens with one attached hydrogen (secondary N) is 1. The van der Waals surface area contributed by atoms with Crippen molar-refractivity contribution in [3.05, 3.63) is 145 Å². The van der Waals surface area contributed by atoms with Gasteiger partial charge in [0, 0.05) is 40.2 Å². The molecule has 43 heavy (non-hydrogen) atoms. The number of nitro groups is 1. The molecule has 4 atom stereocenters. The van der Waals surface area contributed by atoms with E-state index >= 15 is 0 Å². The number of para-hydroxylation sites is 1. The van der Waals surface area contributed by atoms with Crippen LogP contribution in [0.15, 0.2) is 97.2 Å². The molecule has 0 aliphatic carbocycles. The molecule has 0 aromatic heterocycles. The predicted octanol–water partition coefficient (Wildman–Crippen LogP) is 6.88. The summed E-state index contributed by atoms with van der Waals surface area (Å²) in [7, 11) is 0. The Morgan fingerprint density at radius 1 is 0.907 bits per heavy atom. The van der Waals surface area contributed by atoms with Gasteiger partial charge >= 0.3 is 0 Å². The number of fused-ring (bicyclic) bond motifs is 6. The van der Waals surface area contributed by atoms with Gasteiger partial charge < -0.3 is 10.2 Å². The number of benzene rings is 4. The Bertz CT molecular complexity index is 1920. The molecule has 212 valence electrons. The third kappa shape index (κ3) is 3.87. The lowest BCUT2D eigenvalue weighted by molar-refractivity contribution is -0.384. The maximum Gasteiger partial charge on any atom is 0.270 e. The first kappa shape index (κ1) is 27.1. The lowest BCUT2D eigenvalue weighted by atomic mass is 9.62. The number of rotatable bonds is 5. The Morgan fingerprint density at radius 2 is 1.67 bits per heavy atom. The summed E-state index contributed by atoms with van der Waals surface area (Å²) in [5, 5.41) is 15.1. The summed E-state index contributed by atoms with van der Waals surface area (Å²) in [6.07, 6.45) is 3.60. The topological polar surface area (TPSA) is 110 Å². The smallest absolute Gasteiger partial charge is 0.270 e. The molecule has 10 heteroatoms. The average Bonchev–Trinajstić information content (AvgIpc) is 3.48. The average molecular weight is 610 g/mol. The summed E-state index contributed by atoms with van der Waals surface area (Å²) in [5.74, 6) is -2.78. The van der Waals surface area contributed by atoms with Gasteiger partial charge in [-0.2, -0.15) is 0 Å². The highest BCUT2D eigenvalue weighted by Crippen LogP contribution is 2.62. The van der Waals surface area contributed by atoms with E-state index in [1.165, 1.54) is 36.4 Å². The van der Waals surface area contributed by atoms with Crippen molar-refractivity contribution in [3.8, 4) is 0 Å². The van der Waals surface area contributed by atoms with Crippen LogP contribution in [0.5, 0.6) is 0 Å². The van der Waals surface area contributed by atoms with Crippen molar-refractivity contribution < 1.29 is 19.3 Å². The van der Waals surface area contributed by atoms with Crippen LogP contribution in [0.3, 0.4) is 0 Å². The fourth-order valence-electron chi connectivity index (χ4n) is 6.97. The van der Waals surface area contributed by atoms with Crippen LogP contribution in [0.2, 0.25) is 10.0 Å². The van der Waals surface area contributed by atoms with Crippen LogP contribution in [0.1, 0.15) is 43.4 Å². The molecule has 0 saturated carbocycles. The highest BCUT2D eigenvalue weighted by Gasteiger charge is 2.70. The van der Waals surface area contributed by atoms with Gasteiger partial charge in [-0.1, -0.05) is 77.8 Å². The van der Waals surface area contributed by atoms with Gasteiger partial charge in [0.25, 0.3) is 5.69 Å². The molecule has 3 heterocycles. The standard InChI is InChI=1S/C33H21Cl2N3O5/c34-20-12-13-23(25(35)17-20)30(40)28-27(29(39)19-7-5-8-21(16-19)38(42)43)33(24-10-3-4-11-26(24)36-32(33)41)31-22-9-2-1-6-18(22)14-15-37(28)31/h1-17,27-28,31H,(H,36,41)/t27-,28+,31-,33+/m1/s1. The highest BCUT2D eigenvalue weighted by molar-refractivity contribution is 6.37. The Balaban J connectivity index is 1.54. The maximum atomic E-state index is 14.8. The van der Waals surface area contributed by atoms with E-state index in [-0.39, 0.29) is 21.8 Å². The molecule has 1 N–H and O–H groups in total. The van der Waals surface area contributed by atoms with Gasteiger partial charge in [0.1, 0.15) is 11.5 Å². The first-order valence-corrected chi connectivity index (χ1v) is 14.2. The highest BCUT2D eigenvalue weighted by atomic mass is 35.5. The molecule has 1 amide bonds. The number of ketones is 2. The largest absolute Gasteiger partial charge is 0.358 e. The Kier molecular flexibility index (Phi) is 6.23. The van der Waals surface area contributed by atoms with E-state index in [4.69, 9.17) is 23.2 Å².